The number of nitrogens with one attached hydrogen (secondary N) is 1. The van der Waals surface area contributed by atoms with Crippen molar-refractivity contribution in [2.24, 2.45) is 11.3 Å². The van der Waals surface area contributed by atoms with E-state index < -0.39 is 0 Å². The molecule has 2 rings (SSSR count). The molecule has 0 aromatic carbocycles. The summed E-state index contributed by atoms with van der Waals surface area (Å²) >= 11 is 0. The van der Waals surface area contributed by atoms with E-state index in [1.807, 2.05) is 0 Å². The Bertz CT molecular complexity index is 276. The van der Waals surface area contributed by atoms with E-state index in [2.05, 4.69) is 31.0 Å². The van der Waals surface area contributed by atoms with Crippen LogP contribution >= 0.6 is 0 Å². The van der Waals surface area contributed by atoms with Gasteiger partial charge in [-0.1, -0.05) is 46.5 Å². The molecule has 1 aliphatic carbocycles. The van der Waals surface area contributed by atoms with Gasteiger partial charge in [-0.2, -0.15) is 0 Å². The maximum Gasteiger partial charge on any atom is 0.00928 e. The van der Waals surface area contributed by atoms with Crippen LogP contribution < -0.4 is 5.32 Å². The molecule has 0 amide bonds. The molecule has 2 aliphatic rings. The fourth-order valence-corrected chi connectivity index (χ4v) is 4.49. The predicted molar refractivity (Wildman–Crippen MR) is 92.7 cm³/mol. The first-order valence-electron chi connectivity index (χ1n) is 9.64. The van der Waals surface area contributed by atoms with Crippen LogP contribution in [0.15, 0.2) is 0 Å². The summed E-state index contributed by atoms with van der Waals surface area (Å²) in [4.78, 5) is 2.88. The van der Waals surface area contributed by atoms with Crippen LogP contribution in [0.25, 0.3) is 0 Å². The third kappa shape index (κ3) is 4.96. The minimum absolute atomic E-state index is 0.556. The van der Waals surface area contributed by atoms with Crippen molar-refractivity contribution in [2.75, 3.05) is 26.2 Å². The van der Waals surface area contributed by atoms with Crippen LogP contribution in [0.2, 0.25) is 0 Å². The molecule has 1 unspecified atom stereocenters. The average Bonchev–Trinajstić information content (AvgIpc) is 2.73. The summed E-state index contributed by atoms with van der Waals surface area (Å²) in [6.07, 6.45) is 12.9. The Morgan fingerprint density at radius 3 is 2.48 bits per heavy atom. The molecule has 2 heteroatoms. The molecule has 2 fully saturated rings. The van der Waals surface area contributed by atoms with Gasteiger partial charge in [0.2, 0.25) is 0 Å². The highest BCUT2D eigenvalue weighted by Gasteiger charge is 2.36. The van der Waals surface area contributed by atoms with Crippen molar-refractivity contribution in [1.82, 2.24) is 10.2 Å². The second-order valence-corrected chi connectivity index (χ2v) is 7.84. The Morgan fingerprint density at radius 1 is 1.05 bits per heavy atom. The van der Waals surface area contributed by atoms with Crippen LogP contribution in [-0.2, 0) is 0 Å². The van der Waals surface area contributed by atoms with Gasteiger partial charge >= 0.3 is 0 Å². The van der Waals surface area contributed by atoms with E-state index in [9.17, 15) is 0 Å². The van der Waals surface area contributed by atoms with E-state index in [0.29, 0.717) is 5.41 Å². The van der Waals surface area contributed by atoms with Crippen molar-refractivity contribution in [3.63, 3.8) is 0 Å². The minimum atomic E-state index is 0.556. The second-order valence-electron chi connectivity index (χ2n) is 7.84. The van der Waals surface area contributed by atoms with Crippen molar-refractivity contribution in [1.29, 1.82) is 0 Å². The number of likely N-dealkylation sites (tertiary alicyclic amines) is 1. The van der Waals surface area contributed by atoms with Crippen LogP contribution in [-0.4, -0.2) is 37.1 Å². The Balaban J connectivity index is 2.01. The first kappa shape index (κ1) is 17.3. The van der Waals surface area contributed by atoms with Crippen molar-refractivity contribution < 1.29 is 0 Å². The van der Waals surface area contributed by atoms with E-state index in [1.165, 1.54) is 77.4 Å². The molecule has 0 bridgehead atoms. The summed E-state index contributed by atoms with van der Waals surface area (Å²) in [6.45, 7) is 12.1. The van der Waals surface area contributed by atoms with Crippen molar-refractivity contribution >= 4 is 0 Å². The van der Waals surface area contributed by atoms with E-state index in [4.69, 9.17) is 0 Å². The summed E-state index contributed by atoms with van der Waals surface area (Å²) in [6, 6.07) is 0.852. The van der Waals surface area contributed by atoms with Crippen molar-refractivity contribution in [3.8, 4) is 0 Å². The lowest BCUT2D eigenvalue weighted by Gasteiger charge is -2.45. The molecule has 1 N–H and O–H groups in total. The van der Waals surface area contributed by atoms with Crippen LogP contribution in [0.1, 0.15) is 78.6 Å². The Hall–Kier alpha value is -0.0800. The highest BCUT2D eigenvalue weighted by Crippen LogP contribution is 2.40. The maximum atomic E-state index is 3.69. The average molecular weight is 295 g/mol. The standard InChI is InChI=1S/C19H38N2/c1-4-18-9-7-6-8-14-21(18)16-19(15-20-5-2)12-10-17(3)11-13-19/h17-18,20H,4-16H2,1-3H3. The smallest absolute Gasteiger partial charge is 0.00928 e. The summed E-state index contributed by atoms with van der Waals surface area (Å²) in [5, 5.41) is 3.69. The molecule has 1 atom stereocenters. The van der Waals surface area contributed by atoms with Gasteiger partial charge in [0.15, 0.2) is 0 Å². The number of hydrogen-bond acceptors (Lipinski definition) is 2. The molecule has 0 spiro atoms. The SMILES string of the molecule is CCNCC1(CN2CCCCCC2CC)CCC(C)CC1. The predicted octanol–water partition coefficient (Wildman–Crippen LogP) is 4.45. The summed E-state index contributed by atoms with van der Waals surface area (Å²) in [5.41, 5.74) is 0.556. The Morgan fingerprint density at radius 2 is 1.81 bits per heavy atom. The van der Waals surface area contributed by atoms with Gasteiger partial charge in [-0.15, -0.1) is 0 Å². The van der Waals surface area contributed by atoms with Gasteiger partial charge in [0.25, 0.3) is 0 Å². The summed E-state index contributed by atoms with van der Waals surface area (Å²) in [5.74, 6) is 0.950. The van der Waals surface area contributed by atoms with Crippen molar-refractivity contribution in [2.45, 2.75) is 84.6 Å². The van der Waals surface area contributed by atoms with E-state index in [1.54, 1.807) is 0 Å². The normalized spacial score (nSPS) is 35.6. The zero-order valence-electron chi connectivity index (χ0n) is 14.8. The molecular weight excluding hydrogens is 256 g/mol. The highest BCUT2D eigenvalue weighted by molar-refractivity contribution is 4.91. The van der Waals surface area contributed by atoms with Gasteiger partial charge in [0, 0.05) is 19.1 Å². The summed E-state index contributed by atoms with van der Waals surface area (Å²) in [7, 11) is 0. The molecule has 1 saturated heterocycles. The number of hydrogen-bond donors (Lipinski definition) is 1. The lowest BCUT2D eigenvalue weighted by molar-refractivity contribution is 0.0630. The number of nitrogens with zero attached hydrogens (tertiary/aromatic N) is 1. The molecule has 1 saturated carbocycles. The summed E-state index contributed by atoms with van der Waals surface area (Å²) < 4.78 is 0. The quantitative estimate of drug-likeness (QED) is 0.778. The molecule has 21 heavy (non-hydrogen) atoms. The largest absolute Gasteiger partial charge is 0.316 e. The molecule has 0 aromatic rings. The first-order valence-corrected chi connectivity index (χ1v) is 9.64. The van der Waals surface area contributed by atoms with E-state index >= 15 is 0 Å². The monoisotopic (exact) mass is 294 g/mol. The fraction of sp³-hybridized carbons (Fsp3) is 1.00. The zero-order chi connectivity index (χ0) is 15.1. The fourth-order valence-electron chi connectivity index (χ4n) is 4.49. The topological polar surface area (TPSA) is 15.3 Å². The second kappa shape index (κ2) is 8.53. The van der Waals surface area contributed by atoms with Gasteiger partial charge < -0.3 is 5.32 Å². The Labute approximate surface area is 133 Å². The molecule has 1 heterocycles. The minimum Gasteiger partial charge on any atom is -0.316 e. The van der Waals surface area contributed by atoms with Gasteiger partial charge in [-0.3, -0.25) is 4.90 Å². The van der Waals surface area contributed by atoms with Gasteiger partial charge in [-0.05, 0) is 56.5 Å². The molecule has 0 aromatic heterocycles. The van der Waals surface area contributed by atoms with Crippen LogP contribution in [0.3, 0.4) is 0 Å². The highest BCUT2D eigenvalue weighted by atomic mass is 15.2. The molecule has 124 valence electrons. The molecular formula is C19H38N2. The van der Waals surface area contributed by atoms with Gasteiger partial charge in [-0.25, -0.2) is 0 Å². The van der Waals surface area contributed by atoms with E-state index in [-0.39, 0.29) is 0 Å². The lowest BCUT2D eigenvalue weighted by Crippen LogP contribution is -2.49. The van der Waals surface area contributed by atoms with Gasteiger partial charge in [0.1, 0.15) is 0 Å². The molecule has 1 aliphatic heterocycles. The molecule has 0 radical (unpaired) electrons. The lowest BCUT2D eigenvalue weighted by atomic mass is 9.70. The zero-order valence-corrected chi connectivity index (χ0v) is 14.8. The van der Waals surface area contributed by atoms with Crippen LogP contribution in [0, 0.1) is 11.3 Å². The Kier molecular flexibility index (Phi) is 7.01. The maximum absolute atomic E-state index is 3.69. The third-order valence-electron chi connectivity index (χ3n) is 6.09. The van der Waals surface area contributed by atoms with E-state index in [0.717, 1.165) is 18.5 Å². The first-order chi connectivity index (χ1) is 10.2. The molecule has 2 nitrogen and oxygen atoms in total. The van der Waals surface area contributed by atoms with Crippen molar-refractivity contribution in [3.05, 3.63) is 0 Å². The number of rotatable bonds is 6. The van der Waals surface area contributed by atoms with Gasteiger partial charge in [0.05, 0.1) is 0 Å². The van der Waals surface area contributed by atoms with Crippen LogP contribution in [0.4, 0.5) is 0 Å². The van der Waals surface area contributed by atoms with Crippen LogP contribution in [0.5, 0.6) is 0 Å². The third-order valence-corrected chi connectivity index (χ3v) is 6.09.